The number of hydrogen-bond acceptors (Lipinski definition) is 5. The molecule has 7 heteroatoms. The highest BCUT2D eigenvalue weighted by Gasteiger charge is 2.15. The number of Topliss-reactive ketones (excluding diaryl/α,β-unsaturated/α-hetero) is 1. The lowest BCUT2D eigenvalue weighted by Gasteiger charge is -2.10. The summed E-state index contributed by atoms with van der Waals surface area (Å²) in [5, 5.41) is 11.0. The van der Waals surface area contributed by atoms with E-state index in [4.69, 9.17) is 9.84 Å². The number of nitrogens with one attached hydrogen (secondary N) is 1. The zero-order valence-electron chi connectivity index (χ0n) is 11.1. The van der Waals surface area contributed by atoms with Crippen LogP contribution in [0.2, 0.25) is 0 Å². The summed E-state index contributed by atoms with van der Waals surface area (Å²) in [6, 6.07) is 4.07. The smallest absolute Gasteiger partial charge is 0.450 e. The van der Waals surface area contributed by atoms with Crippen molar-refractivity contribution in [2.24, 2.45) is 0 Å². The Kier molecular flexibility index (Phi) is 5.52. The summed E-state index contributed by atoms with van der Waals surface area (Å²) in [6.45, 7) is 3.51. The molecule has 0 heterocycles. The zero-order chi connectivity index (χ0) is 15.1. The minimum Gasteiger partial charge on any atom is -0.450 e. The summed E-state index contributed by atoms with van der Waals surface area (Å²) < 4.78 is 9.23. The fraction of sp³-hybridized carbons (Fsp3) is 0.308. The van der Waals surface area contributed by atoms with Crippen molar-refractivity contribution in [1.82, 2.24) is 0 Å². The fourth-order valence-corrected chi connectivity index (χ4v) is 1.48. The molecule has 20 heavy (non-hydrogen) atoms. The first-order valence-electron chi connectivity index (χ1n) is 5.99. The van der Waals surface area contributed by atoms with Gasteiger partial charge in [-0.3, -0.25) is 10.1 Å². The molecule has 0 fully saturated rings. The molecule has 0 aliphatic rings. The third-order valence-electron chi connectivity index (χ3n) is 2.32. The molecule has 0 aliphatic heterocycles. The van der Waals surface area contributed by atoms with Gasteiger partial charge in [0.2, 0.25) is 0 Å². The molecule has 7 nitrogen and oxygen atoms in total. The van der Waals surface area contributed by atoms with Crippen LogP contribution >= 0.6 is 0 Å². The van der Waals surface area contributed by atoms with E-state index in [-0.39, 0.29) is 30.1 Å². The van der Waals surface area contributed by atoms with Crippen LogP contribution < -0.4 is 10.1 Å². The molecule has 0 unspecified atom stereocenters. The molecule has 0 aromatic heterocycles. The van der Waals surface area contributed by atoms with E-state index in [2.05, 4.69) is 10.1 Å². The predicted molar refractivity (Wildman–Crippen MR) is 70.4 cm³/mol. The molecule has 0 spiro atoms. The van der Waals surface area contributed by atoms with Gasteiger partial charge in [-0.25, -0.2) is 9.59 Å². The molecular weight excluding hydrogens is 266 g/mol. The van der Waals surface area contributed by atoms with Crippen molar-refractivity contribution in [3.05, 3.63) is 23.8 Å². The Morgan fingerprint density at radius 3 is 2.50 bits per heavy atom. The summed E-state index contributed by atoms with van der Waals surface area (Å²) in [5.41, 5.74) is 0.405. The highest BCUT2D eigenvalue weighted by molar-refractivity contribution is 6.00. The standard InChI is InChI=1S/C13H15NO6/c1-3-10(15)9-7-8(14-12(16)19-4-2)5-6-11(9)20-13(17)18/h5-7H,3-4H2,1-2H3,(H,14,16)(H,17,18). The molecule has 0 radical (unpaired) electrons. The number of carboxylic acid groups (broad SMARTS) is 1. The van der Waals surface area contributed by atoms with Crippen LogP contribution in [0.4, 0.5) is 15.3 Å². The first-order chi connectivity index (χ1) is 9.47. The van der Waals surface area contributed by atoms with E-state index < -0.39 is 12.2 Å². The first kappa shape index (κ1) is 15.5. The maximum absolute atomic E-state index is 11.8. The highest BCUT2D eigenvalue weighted by atomic mass is 16.7. The molecule has 1 aromatic rings. The van der Waals surface area contributed by atoms with Crippen LogP contribution in [-0.2, 0) is 4.74 Å². The second kappa shape index (κ2) is 7.13. The van der Waals surface area contributed by atoms with Crippen LogP contribution in [-0.4, -0.2) is 29.7 Å². The quantitative estimate of drug-likeness (QED) is 0.488. The van der Waals surface area contributed by atoms with Crippen molar-refractivity contribution in [2.45, 2.75) is 20.3 Å². The number of amides is 1. The van der Waals surface area contributed by atoms with E-state index in [1.54, 1.807) is 13.8 Å². The van der Waals surface area contributed by atoms with Gasteiger partial charge in [-0.2, -0.15) is 0 Å². The van der Waals surface area contributed by atoms with Gasteiger partial charge in [0.05, 0.1) is 12.2 Å². The van der Waals surface area contributed by atoms with Crippen LogP contribution in [0.3, 0.4) is 0 Å². The maximum atomic E-state index is 11.8. The van der Waals surface area contributed by atoms with Gasteiger partial charge in [0.1, 0.15) is 5.75 Å². The van der Waals surface area contributed by atoms with Gasteiger partial charge in [-0.1, -0.05) is 6.92 Å². The SMILES string of the molecule is CCOC(=O)Nc1ccc(OC(=O)O)c(C(=O)CC)c1. The van der Waals surface area contributed by atoms with Crippen molar-refractivity contribution in [3.63, 3.8) is 0 Å². The summed E-state index contributed by atoms with van der Waals surface area (Å²) in [5.74, 6) is -0.368. The van der Waals surface area contributed by atoms with Gasteiger partial charge >= 0.3 is 12.2 Å². The highest BCUT2D eigenvalue weighted by Crippen LogP contribution is 2.24. The number of carbonyl (C=O) groups excluding carboxylic acids is 2. The van der Waals surface area contributed by atoms with Gasteiger partial charge < -0.3 is 14.6 Å². The molecule has 1 rings (SSSR count). The average molecular weight is 281 g/mol. The molecule has 2 N–H and O–H groups in total. The zero-order valence-corrected chi connectivity index (χ0v) is 11.1. The van der Waals surface area contributed by atoms with Gasteiger partial charge in [0, 0.05) is 12.1 Å². The Labute approximate surface area is 115 Å². The molecule has 1 amide bonds. The summed E-state index contributed by atoms with van der Waals surface area (Å²) in [7, 11) is 0. The largest absolute Gasteiger partial charge is 0.511 e. The van der Waals surface area contributed by atoms with Gasteiger partial charge in [-0.15, -0.1) is 0 Å². The second-order valence-corrected chi connectivity index (χ2v) is 3.70. The van der Waals surface area contributed by atoms with Crippen molar-refractivity contribution >= 4 is 23.7 Å². The lowest BCUT2D eigenvalue weighted by molar-refractivity contribution is 0.0984. The number of ketones is 1. The number of ether oxygens (including phenoxy) is 2. The fourth-order valence-electron chi connectivity index (χ4n) is 1.48. The predicted octanol–water partition coefficient (Wildman–Crippen LogP) is 2.90. The average Bonchev–Trinajstić information content (AvgIpc) is 2.39. The number of benzene rings is 1. The third kappa shape index (κ3) is 4.27. The number of rotatable bonds is 5. The Balaban J connectivity index is 3.04. The van der Waals surface area contributed by atoms with E-state index in [1.165, 1.54) is 18.2 Å². The van der Waals surface area contributed by atoms with E-state index in [0.717, 1.165) is 0 Å². The minimum atomic E-state index is -1.51. The van der Waals surface area contributed by atoms with Gasteiger partial charge in [-0.05, 0) is 25.1 Å². The topological polar surface area (TPSA) is 102 Å². The molecule has 0 saturated carbocycles. The summed E-state index contributed by atoms with van der Waals surface area (Å²) in [6.07, 6.45) is -1.99. The maximum Gasteiger partial charge on any atom is 0.511 e. The van der Waals surface area contributed by atoms with Gasteiger partial charge in [0.15, 0.2) is 5.78 Å². The first-order valence-corrected chi connectivity index (χ1v) is 5.99. The minimum absolute atomic E-state index is 0.0706. The van der Waals surface area contributed by atoms with Crippen molar-refractivity contribution in [2.75, 3.05) is 11.9 Å². The molecule has 1 aromatic carbocycles. The molecule has 0 atom stereocenters. The van der Waals surface area contributed by atoms with Crippen LogP contribution in [0, 0.1) is 0 Å². The van der Waals surface area contributed by atoms with Gasteiger partial charge in [0.25, 0.3) is 0 Å². The number of anilines is 1. The van der Waals surface area contributed by atoms with Crippen molar-refractivity contribution < 1.29 is 29.0 Å². The van der Waals surface area contributed by atoms with Crippen molar-refractivity contribution in [3.8, 4) is 5.75 Å². The Morgan fingerprint density at radius 1 is 1.25 bits per heavy atom. The Bertz CT molecular complexity index is 526. The van der Waals surface area contributed by atoms with Crippen molar-refractivity contribution in [1.29, 1.82) is 0 Å². The lowest BCUT2D eigenvalue weighted by atomic mass is 10.1. The monoisotopic (exact) mass is 281 g/mol. The van der Waals surface area contributed by atoms with E-state index >= 15 is 0 Å². The Morgan fingerprint density at radius 2 is 1.95 bits per heavy atom. The molecule has 108 valence electrons. The number of hydrogen-bond donors (Lipinski definition) is 2. The number of carbonyl (C=O) groups is 3. The Hall–Kier alpha value is -2.57. The third-order valence-corrected chi connectivity index (χ3v) is 2.32. The van der Waals surface area contributed by atoms with Crippen LogP contribution in [0.1, 0.15) is 30.6 Å². The van der Waals surface area contributed by atoms with Crippen LogP contribution in [0.25, 0.3) is 0 Å². The molecule has 0 aliphatic carbocycles. The molecular formula is C13H15NO6. The summed E-state index contributed by atoms with van der Waals surface area (Å²) >= 11 is 0. The van der Waals surface area contributed by atoms with E-state index in [1.807, 2.05) is 0 Å². The molecule has 0 saturated heterocycles. The van der Waals surface area contributed by atoms with E-state index in [9.17, 15) is 14.4 Å². The summed E-state index contributed by atoms with van der Waals surface area (Å²) in [4.78, 5) is 33.6. The van der Waals surface area contributed by atoms with E-state index in [0.29, 0.717) is 5.69 Å². The second-order valence-electron chi connectivity index (χ2n) is 3.70. The normalized spacial score (nSPS) is 9.70. The van der Waals surface area contributed by atoms with Crippen LogP contribution in [0.15, 0.2) is 18.2 Å². The lowest BCUT2D eigenvalue weighted by Crippen LogP contribution is -2.14. The van der Waals surface area contributed by atoms with Crippen LogP contribution in [0.5, 0.6) is 5.75 Å². The molecule has 0 bridgehead atoms.